The minimum absolute atomic E-state index is 0.0941. The van der Waals surface area contributed by atoms with E-state index in [-0.39, 0.29) is 59.5 Å². The molecule has 7 amide bonds. The lowest BCUT2D eigenvalue weighted by atomic mass is 9.81. The van der Waals surface area contributed by atoms with Crippen LogP contribution in [-0.2, 0) is 41.6 Å². The Morgan fingerprint density at radius 1 is 0.722 bits per heavy atom. The van der Waals surface area contributed by atoms with E-state index in [1.165, 1.54) is 32.4 Å². The average Bonchev–Trinajstić information content (AvgIpc) is 0.945. The molecule has 0 aliphatic heterocycles. The number of aromatic nitrogens is 8. The van der Waals surface area contributed by atoms with Gasteiger partial charge in [0, 0.05) is 82.9 Å². The number of anilines is 2. The molecule has 7 aromatic rings. The third-order valence-corrected chi connectivity index (χ3v) is 16.2. The van der Waals surface area contributed by atoms with Crippen LogP contribution in [-0.4, -0.2) is 138 Å². The van der Waals surface area contributed by atoms with E-state index in [1.807, 2.05) is 45.0 Å². The van der Waals surface area contributed by atoms with Crippen molar-refractivity contribution in [1.82, 2.24) is 62.3 Å². The second kappa shape index (κ2) is 31.1. The summed E-state index contributed by atoms with van der Waals surface area (Å²) >= 11 is 3.48. The predicted molar refractivity (Wildman–Crippen MR) is 334 cm³/mol. The fourth-order valence-corrected chi connectivity index (χ4v) is 11.3. The van der Waals surface area contributed by atoms with Crippen LogP contribution >= 0.6 is 15.9 Å². The number of nitrogens with two attached hydrogens (primary N) is 1. The second-order valence-corrected chi connectivity index (χ2v) is 24.1. The molecular formula is C63H73BrFN15O10. The number of ether oxygens (including phenoxy) is 1. The number of rotatable bonds is 21. The number of hydrogen-bond donors (Lipinski definition) is 8. The summed E-state index contributed by atoms with van der Waals surface area (Å²) in [5.41, 5.74) is 10.3. The third kappa shape index (κ3) is 18.8. The highest BCUT2D eigenvalue weighted by Crippen LogP contribution is 2.35. The summed E-state index contributed by atoms with van der Waals surface area (Å²) in [7, 11) is 2.81. The lowest BCUT2D eigenvalue weighted by Gasteiger charge is -2.36. The molecule has 0 spiro atoms. The number of nitrogens with zero attached hydrogens (tertiary/aromatic N) is 8. The van der Waals surface area contributed by atoms with Gasteiger partial charge in [-0.25, -0.2) is 19.0 Å². The van der Waals surface area contributed by atoms with E-state index in [9.17, 15) is 33.6 Å². The molecule has 9 rings (SSSR count). The second-order valence-electron chi connectivity index (χ2n) is 23.2. The number of hydrogen-bond acceptors (Lipinski definition) is 15. The van der Waals surface area contributed by atoms with Crippen LogP contribution in [0.25, 0.3) is 33.9 Å². The van der Waals surface area contributed by atoms with Gasteiger partial charge in [-0.1, -0.05) is 52.3 Å². The number of carbonyl (C=O) groups is 7. The van der Waals surface area contributed by atoms with Gasteiger partial charge >= 0.3 is 12.2 Å². The molecule has 0 saturated heterocycles. The highest BCUT2D eigenvalue weighted by Gasteiger charge is 2.37. The zero-order chi connectivity index (χ0) is 64.5. The number of aromatic amines is 2. The van der Waals surface area contributed by atoms with Crippen molar-refractivity contribution in [2.24, 2.45) is 29.4 Å². The molecule has 2 fully saturated rings. The fourth-order valence-electron chi connectivity index (χ4n) is 10.9. The molecule has 2 aromatic heterocycles. The maximum Gasteiger partial charge on any atom is 0.407 e. The van der Waals surface area contributed by atoms with E-state index < -0.39 is 53.4 Å². The van der Waals surface area contributed by atoms with Crippen LogP contribution in [0.5, 0.6) is 0 Å². The van der Waals surface area contributed by atoms with Gasteiger partial charge in [-0.3, -0.25) is 33.7 Å². The Hall–Kier alpha value is -9.50. The van der Waals surface area contributed by atoms with Crippen molar-refractivity contribution in [2.75, 3.05) is 37.5 Å². The number of hydroxylamine groups is 2. The Morgan fingerprint density at radius 3 is 1.86 bits per heavy atom. The van der Waals surface area contributed by atoms with Crippen molar-refractivity contribution < 1.29 is 52.6 Å². The topological polar surface area (TPSA) is 348 Å². The minimum Gasteiger partial charge on any atom is -0.465 e. The van der Waals surface area contributed by atoms with E-state index in [4.69, 9.17) is 20.4 Å². The maximum atomic E-state index is 15.1. The van der Waals surface area contributed by atoms with Crippen molar-refractivity contribution >= 4 is 69.0 Å². The van der Waals surface area contributed by atoms with Crippen molar-refractivity contribution in [3.05, 3.63) is 142 Å². The molecule has 90 heavy (non-hydrogen) atoms. The van der Waals surface area contributed by atoms with E-state index in [0.717, 1.165) is 33.5 Å². The predicted octanol–water partition coefficient (Wildman–Crippen LogP) is 8.44. The van der Waals surface area contributed by atoms with Gasteiger partial charge < -0.3 is 36.8 Å². The number of halogens is 2. The van der Waals surface area contributed by atoms with Crippen molar-refractivity contribution in [2.45, 2.75) is 103 Å². The van der Waals surface area contributed by atoms with Gasteiger partial charge in [0.1, 0.15) is 23.5 Å². The van der Waals surface area contributed by atoms with Crippen molar-refractivity contribution in [3.8, 4) is 33.9 Å². The lowest BCUT2D eigenvalue weighted by molar-refractivity contribution is -0.130. The number of alkyl carbamates (subject to hydrolysis) is 1. The first-order chi connectivity index (χ1) is 43.1. The van der Waals surface area contributed by atoms with Gasteiger partial charge in [-0.15, -0.1) is 20.4 Å². The van der Waals surface area contributed by atoms with Crippen molar-refractivity contribution in [3.63, 3.8) is 0 Å². The molecular weight excluding hydrogens is 1230 g/mol. The summed E-state index contributed by atoms with van der Waals surface area (Å²) in [4.78, 5) is 96.4. The van der Waals surface area contributed by atoms with E-state index in [2.05, 4.69) is 78.4 Å². The Bertz CT molecular complexity index is 3580. The van der Waals surface area contributed by atoms with Gasteiger partial charge in [-0.2, -0.15) is 10.4 Å². The summed E-state index contributed by atoms with van der Waals surface area (Å²) in [6, 6.07) is 30.7. The number of carboxylic acid groups (broad SMARTS) is 1. The largest absolute Gasteiger partial charge is 0.465 e. The van der Waals surface area contributed by atoms with Crippen LogP contribution in [0, 0.1) is 29.5 Å². The van der Waals surface area contributed by atoms with Gasteiger partial charge in [0.2, 0.25) is 35.3 Å². The van der Waals surface area contributed by atoms with Crippen LogP contribution in [0.2, 0.25) is 0 Å². The van der Waals surface area contributed by atoms with Gasteiger partial charge in [0.05, 0.1) is 7.11 Å². The highest BCUT2D eigenvalue weighted by atomic mass is 79.9. The molecule has 5 aromatic carbocycles. The number of benzene rings is 5. The van der Waals surface area contributed by atoms with Crippen LogP contribution in [0.3, 0.4) is 0 Å². The minimum atomic E-state index is -1.08. The standard InChI is InChI=1S/C34H37FN8O6.C29H36BrN7O4/c1-43(49-2)33(46)25-12-15-28(35)27(18-25)24-5-3-4-21(16-24)17-29(38-31(44)23-8-6-20(7-9-23)19-36-34(47)48)32(45)37-26-13-10-22(11-14-26)30-39-41-42-40-30;1-29(2,3)41-28(40)32-17-18-7-9-21(10-8-18)27(39)37(23-13-11-20(12-14-23)26-33-35-36-34-26)24(25(31)38)16-19-5-4-6-22(30)15-19/h3-5,10-16,18,20,23,29,36H,6-9,17,19H2,1-2H3,(H,37,45)(H,38,44)(H,47,48)(H,39,40,41,42);4-6,11-15,18,21,24H,7-10,16-17H2,1-3H3,(H2,31,38)(H,32,40)(H,33,34,35,36)/t20?,23?,29-;18?,21?,24-/m00/s1. The number of tetrazole rings is 2. The van der Waals surface area contributed by atoms with Crippen molar-refractivity contribution in [1.29, 1.82) is 0 Å². The van der Waals surface area contributed by atoms with E-state index in [1.54, 1.807) is 77.7 Å². The third-order valence-electron chi connectivity index (χ3n) is 15.7. The fraction of sp³-hybridized carbons (Fsp3) is 0.381. The van der Waals surface area contributed by atoms with Gasteiger partial charge in [0.15, 0.2) is 0 Å². The molecule has 9 N–H and O–H groups in total. The molecule has 474 valence electrons. The molecule has 2 aliphatic carbocycles. The first-order valence-corrected chi connectivity index (χ1v) is 30.2. The number of H-pyrrole nitrogens is 2. The lowest BCUT2D eigenvalue weighted by Crippen LogP contribution is -2.52. The molecule has 27 heteroatoms. The Labute approximate surface area is 527 Å². The molecule has 0 unspecified atom stereocenters. The van der Waals surface area contributed by atoms with E-state index in [0.29, 0.717) is 91.3 Å². The Kier molecular flexibility index (Phi) is 23.0. The van der Waals surface area contributed by atoms with E-state index >= 15 is 4.39 Å². The SMILES string of the molecule is CC(C)(C)OC(=O)NCC1CCC(C(=O)N(c2ccc(-c3nn[nH]n3)cc2)[C@@H](Cc2cccc(Br)c2)C(N)=O)CC1.CON(C)C(=O)c1ccc(F)c(-c2cccc(C[C@H](NC(=O)C3CCC(CNC(=O)O)CC3)C(=O)Nc3ccc(-c4nn[nH]n4)cc3)c2)c1. The summed E-state index contributed by atoms with van der Waals surface area (Å²) in [5.74, 6) is -1.85. The number of nitrogens with one attached hydrogen (secondary N) is 6. The molecule has 2 atom stereocenters. The zero-order valence-electron chi connectivity index (χ0n) is 50.5. The molecule has 25 nitrogen and oxygen atoms in total. The first kappa shape index (κ1) is 66.5. The average molecular weight is 1300 g/mol. The molecule has 0 bridgehead atoms. The Morgan fingerprint density at radius 2 is 1.30 bits per heavy atom. The number of amides is 7. The molecule has 2 heterocycles. The smallest absolute Gasteiger partial charge is 0.407 e. The molecule has 2 aliphatic rings. The van der Waals surface area contributed by atoms with Crippen LogP contribution < -0.4 is 31.9 Å². The van der Waals surface area contributed by atoms with Gasteiger partial charge in [0.25, 0.3) is 5.91 Å². The number of carbonyl (C=O) groups excluding carboxylic acids is 6. The summed E-state index contributed by atoms with van der Waals surface area (Å²) in [5, 5.41) is 48.9. The maximum absolute atomic E-state index is 15.1. The highest BCUT2D eigenvalue weighted by molar-refractivity contribution is 9.10. The monoisotopic (exact) mass is 1300 g/mol. The molecule has 0 radical (unpaired) electrons. The summed E-state index contributed by atoms with van der Waals surface area (Å²) < 4.78 is 21.3. The van der Waals surface area contributed by atoms with Crippen LogP contribution in [0.4, 0.5) is 25.4 Å². The normalized spacial score (nSPS) is 17.0. The van der Waals surface area contributed by atoms with Crippen LogP contribution in [0.15, 0.2) is 120 Å². The van der Waals surface area contributed by atoms with Gasteiger partial charge in [-0.05, 0) is 190 Å². The summed E-state index contributed by atoms with van der Waals surface area (Å²) in [6.07, 6.45) is 4.13. The Balaban J connectivity index is 0.000000236. The summed E-state index contributed by atoms with van der Waals surface area (Å²) in [6.45, 7) is 6.29. The first-order valence-electron chi connectivity index (χ1n) is 29.4. The molecule has 2 saturated carbocycles. The van der Waals surface area contributed by atoms with Crippen LogP contribution in [0.1, 0.15) is 93.6 Å². The number of primary amides is 1. The quantitative estimate of drug-likeness (QED) is 0.0313. The zero-order valence-corrected chi connectivity index (χ0v) is 52.0.